The van der Waals surface area contributed by atoms with Crippen molar-refractivity contribution in [2.75, 3.05) is 13.2 Å². The number of benzene rings is 3. The number of carbonyl (C=O) groups excluding carboxylic acids is 2. The van der Waals surface area contributed by atoms with E-state index in [1.165, 1.54) is 4.90 Å². The van der Waals surface area contributed by atoms with Crippen molar-refractivity contribution in [3.63, 3.8) is 0 Å². The van der Waals surface area contributed by atoms with Crippen LogP contribution in [0.3, 0.4) is 0 Å². The van der Waals surface area contributed by atoms with Crippen LogP contribution in [0.15, 0.2) is 84.9 Å². The molecule has 0 aliphatic carbocycles. The molecule has 3 aromatic carbocycles. The first-order valence-corrected chi connectivity index (χ1v) is 10.3. The van der Waals surface area contributed by atoms with E-state index in [0.717, 1.165) is 16.7 Å². The van der Waals surface area contributed by atoms with Crippen molar-refractivity contribution >= 4 is 17.8 Å². The predicted octanol–water partition coefficient (Wildman–Crippen LogP) is 2.22. The number of amides is 2. The standard InChI is InChI=1S/C25H24N4O3/c26-24-28-25(20-10-3-1-4-11-20,21-12-5-2-6-13-21)23(32)29(24)17-18-8-7-9-19(16-18)22(31)27-14-15-30/h1-13,16,30H,14-15,17H2,(H2,26,28)(H,27,31). The zero-order valence-corrected chi connectivity index (χ0v) is 17.4. The molecule has 1 heterocycles. The van der Waals surface area contributed by atoms with Gasteiger partial charge in [-0.1, -0.05) is 72.8 Å². The van der Waals surface area contributed by atoms with Crippen molar-refractivity contribution in [3.05, 3.63) is 107 Å². The van der Waals surface area contributed by atoms with E-state index < -0.39 is 5.54 Å². The third-order valence-electron chi connectivity index (χ3n) is 5.48. The monoisotopic (exact) mass is 428 g/mol. The van der Waals surface area contributed by atoms with Gasteiger partial charge in [-0.3, -0.25) is 19.9 Å². The first-order valence-electron chi connectivity index (χ1n) is 10.3. The summed E-state index contributed by atoms with van der Waals surface area (Å²) in [4.78, 5) is 27.4. The average molecular weight is 428 g/mol. The van der Waals surface area contributed by atoms with Gasteiger partial charge in [-0.15, -0.1) is 0 Å². The third-order valence-corrected chi connectivity index (χ3v) is 5.48. The van der Waals surface area contributed by atoms with Gasteiger partial charge >= 0.3 is 0 Å². The normalized spacial score (nSPS) is 14.8. The minimum absolute atomic E-state index is 0.00200. The van der Waals surface area contributed by atoms with E-state index in [1.807, 2.05) is 66.7 Å². The molecule has 4 N–H and O–H groups in total. The van der Waals surface area contributed by atoms with E-state index in [1.54, 1.807) is 18.2 Å². The lowest BCUT2D eigenvalue weighted by Gasteiger charge is -2.28. The average Bonchev–Trinajstić information content (AvgIpc) is 3.09. The Morgan fingerprint density at radius 1 is 0.969 bits per heavy atom. The fraction of sp³-hybridized carbons (Fsp3) is 0.160. The molecule has 1 aliphatic heterocycles. The van der Waals surface area contributed by atoms with Gasteiger partial charge in [0.2, 0.25) is 0 Å². The van der Waals surface area contributed by atoms with Crippen LogP contribution in [0.2, 0.25) is 0 Å². The Kier molecular flexibility index (Phi) is 6.00. The molecule has 7 nitrogen and oxygen atoms in total. The van der Waals surface area contributed by atoms with Crippen LogP contribution in [0.25, 0.3) is 0 Å². The zero-order valence-electron chi connectivity index (χ0n) is 17.4. The van der Waals surface area contributed by atoms with Gasteiger partial charge < -0.3 is 15.7 Å². The lowest BCUT2D eigenvalue weighted by Crippen LogP contribution is -2.45. The molecule has 0 saturated carbocycles. The Labute approximate surface area is 186 Å². The van der Waals surface area contributed by atoms with Crippen LogP contribution in [0.5, 0.6) is 0 Å². The maximum Gasteiger partial charge on any atom is 0.264 e. The van der Waals surface area contributed by atoms with E-state index in [4.69, 9.17) is 10.5 Å². The summed E-state index contributed by atoms with van der Waals surface area (Å²) in [5.74, 6) is -0.558. The molecule has 4 rings (SSSR count). The highest BCUT2D eigenvalue weighted by Gasteiger charge is 2.52. The van der Waals surface area contributed by atoms with Crippen LogP contribution in [-0.4, -0.2) is 40.9 Å². The highest BCUT2D eigenvalue weighted by atomic mass is 16.3. The summed E-state index contributed by atoms with van der Waals surface area (Å²) in [6, 6.07) is 25.7. The van der Waals surface area contributed by atoms with Gasteiger partial charge in [0, 0.05) is 12.1 Å². The molecule has 1 fully saturated rings. The predicted molar refractivity (Wildman–Crippen MR) is 121 cm³/mol. The second kappa shape index (κ2) is 9.03. The van der Waals surface area contributed by atoms with Crippen LogP contribution in [-0.2, 0) is 16.9 Å². The van der Waals surface area contributed by atoms with Gasteiger partial charge in [-0.2, -0.15) is 0 Å². The number of carbonyl (C=O) groups is 2. The van der Waals surface area contributed by atoms with Crippen LogP contribution in [0, 0.1) is 5.41 Å². The van der Waals surface area contributed by atoms with Crippen LogP contribution < -0.4 is 10.6 Å². The minimum Gasteiger partial charge on any atom is -0.395 e. The van der Waals surface area contributed by atoms with Crippen molar-refractivity contribution < 1.29 is 14.7 Å². The Hall–Kier alpha value is -3.97. The van der Waals surface area contributed by atoms with Crippen LogP contribution in [0.1, 0.15) is 27.0 Å². The molecule has 0 aromatic heterocycles. The number of aliphatic hydroxyl groups excluding tert-OH is 1. The summed E-state index contributed by atoms with van der Waals surface area (Å²) in [6.07, 6.45) is 0. The molecule has 2 amide bonds. The molecule has 0 bridgehead atoms. The smallest absolute Gasteiger partial charge is 0.264 e. The van der Waals surface area contributed by atoms with E-state index in [9.17, 15) is 9.59 Å². The molecule has 1 saturated heterocycles. The molecule has 1 aliphatic rings. The number of aliphatic hydroxyl groups is 1. The van der Waals surface area contributed by atoms with Gasteiger partial charge in [-0.05, 0) is 28.8 Å². The SMILES string of the molecule is N=C1NC(c2ccccc2)(c2ccccc2)C(=O)N1Cc1cccc(C(=O)NCCO)c1. The quantitative estimate of drug-likeness (QED) is 0.463. The number of rotatable bonds is 7. The van der Waals surface area contributed by atoms with Crippen molar-refractivity contribution in [1.29, 1.82) is 5.41 Å². The summed E-state index contributed by atoms with van der Waals surface area (Å²) in [5.41, 5.74) is 1.45. The maximum atomic E-state index is 13.8. The molecular weight excluding hydrogens is 404 g/mol. The van der Waals surface area contributed by atoms with Gasteiger partial charge in [0.1, 0.15) is 0 Å². The number of hydrogen-bond donors (Lipinski definition) is 4. The van der Waals surface area contributed by atoms with Crippen molar-refractivity contribution in [2.45, 2.75) is 12.1 Å². The Morgan fingerprint density at radius 3 is 2.19 bits per heavy atom. The van der Waals surface area contributed by atoms with Crippen LogP contribution in [0.4, 0.5) is 0 Å². The molecule has 0 atom stereocenters. The molecule has 162 valence electrons. The first kappa shape index (κ1) is 21.3. The summed E-state index contributed by atoms with van der Waals surface area (Å²) < 4.78 is 0. The maximum absolute atomic E-state index is 13.8. The molecular formula is C25H24N4O3. The topological polar surface area (TPSA) is 106 Å². The fourth-order valence-corrected chi connectivity index (χ4v) is 3.95. The number of guanidine groups is 1. The van der Waals surface area contributed by atoms with E-state index in [0.29, 0.717) is 5.56 Å². The minimum atomic E-state index is -1.20. The Bertz CT molecular complexity index is 1090. The summed E-state index contributed by atoms with van der Waals surface area (Å²) >= 11 is 0. The highest BCUT2D eigenvalue weighted by Crippen LogP contribution is 2.36. The molecule has 0 radical (unpaired) electrons. The molecule has 32 heavy (non-hydrogen) atoms. The van der Waals surface area contributed by atoms with Gasteiger partial charge in [0.25, 0.3) is 11.8 Å². The van der Waals surface area contributed by atoms with Gasteiger partial charge in [-0.25, -0.2) is 0 Å². The van der Waals surface area contributed by atoms with Crippen molar-refractivity contribution in [2.24, 2.45) is 0 Å². The number of hydrogen-bond acceptors (Lipinski definition) is 4. The third kappa shape index (κ3) is 3.86. The van der Waals surface area contributed by atoms with E-state index in [2.05, 4.69) is 10.6 Å². The second-order valence-electron chi connectivity index (χ2n) is 7.53. The van der Waals surface area contributed by atoms with Crippen molar-refractivity contribution in [1.82, 2.24) is 15.5 Å². The highest BCUT2D eigenvalue weighted by molar-refractivity contribution is 6.10. The lowest BCUT2D eigenvalue weighted by molar-refractivity contribution is -0.130. The number of nitrogens with one attached hydrogen (secondary N) is 3. The fourth-order valence-electron chi connectivity index (χ4n) is 3.95. The molecule has 7 heteroatoms. The summed E-state index contributed by atoms with van der Waals surface area (Å²) in [5, 5.41) is 23.2. The zero-order chi connectivity index (χ0) is 22.6. The van der Waals surface area contributed by atoms with Crippen molar-refractivity contribution in [3.8, 4) is 0 Å². The van der Waals surface area contributed by atoms with E-state index >= 15 is 0 Å². The lowest BCUT2D eigenvalue weighted by atomic mass is 9.82. The van der Waals surface area contributed by atoms with E-state index in [-0.39, 0.29) is 37.5 Å². The Morgan fingerprint density at radius 2 is 1.59 bits per heavy atom. The summed E-state index contributed by atoms with van der Waals surface area (Å²) in [7, 11) is 0. The molecule has 0 unspecified atom stereocenters. The number of nitrogens with zero attached hydrogens (tertiary/aromatic N) is 1. The molecule has 0 spiro atoms. The van der Waals surface area contributed by atoms with Crippen LogP contribution >= 0.6 is 0 Å². The second-order valence-corrected chi connectivity index (χ2v) is 7.53. The van der Waals surface area contributed by atoms with Gasteiger partial charge in [0.15, 0.2) is 11.5 Å². The largest absolute Gasteiger partial charge is 0.395 e. The van der Waals surface area contributed by atoms with Gasteiger partial charge in [0.05, 0.1) is 13.2 Å². The Balaban J connectivity index is 1.67. The summed E-state index contributed by atoms with van der Waals surface area (Å²) in [6.45, 7) is 0.170. The first-order chi connectivity index (χ1) is 15.6. The molecule has 3 aromatic rings.